The zero-order chi connectivity index (χ0) is 14.4. The van der Waals surface area contributed by atoms with Gasteiger partial charge in [-0.25, -0.2) is 4.79 Å². The van der Waals surface area contributed by atoms with Crippen LogP contribution in [0.2, 0.25) is 0 Å². The first-order chi connectivity index (χ1) is 9.72. The largest absolute Gasteiger partial charge is 0.497 e. The summed E-state index contributed by atoms with van der Waals surface area (Å²) in [5, 5.41) is 8.79. The van der Waals surface area contributed by atoms with Crippen molar-refractivity contribution >= 4 is 5.97 Å². The van der Waals surface area contributed by atoms with Gasteiger partial charge in [0, 0.05) is 0 Å². The zero-order valence-corrected chi connectivity index (χ0v) is 11.0. The van der Waals surface area contributed by atoms with E-state index in [4.69, 9.17) is 14.7 Å². The van der Waals surface area contributed by atoms with E-state index in [1.807, 2.05) is 18.2 Å². The van der Waals surface area contributed by atoms with E-state index >= 15 is 0 Å². The molecule has 0 spiro atoms. The fourth-order valence-electron chi connectivity index (χ4n) is 1.67. The van der Waals surface area contributed by atoms with Gasteiger partial charge in [-0.2, -0.15) is 5.26 Å². The van der Waals surface area contributed by atoms with Gasteiger partial charge in [0.1, 0.15) is 12.4 Å². The van der Waals surface area contributed by atoms with Gasteiger partial charge >= 0.3 is 5.97 Å². The number of nitrogens with zero attached hydrogens (tertiary/aromatic N) is 1. The second kappa shape index (κ2) is 6.39. The number of carbonyl (C=O) groups excluding carboxylic acids is 1. The lowest BCUT2D eigenvalue weighted by atomic mass is 10.1. The lowest BCUT2D eigenvalue weighted by Gasteiger charge is -2.06. The van der Waals surface area contributed by atoms with Crippen molar-refractivity contribution in [1.29, 1.82) is 5.26 Å². The van der Waals surface area contributed by atoms with Crippen molar-refractivity contribution in [2.75, 3.05) is 7.11 Å². The molecule has 0 radical (unpaired) electrons. The Kier molecular flexibility index (Phi) is 4.35. The van der Waals surface area contributed by atoms with Gasteiger partial charge < -0.3 is 9.47 Å². The van der Waals surface area contributed by atoms with Crippen molar-refractivity contribution < 1.29 is 14.3 Å². The number of ether oxygens (including phenoxy) is 2. The maximum absolute atomic E-state index is 11.9. The highest BCUT2D eigenvalue weighted by Crippen LogP contribution is 2.13. The van der Waals surface area contributed by atoms with E-state index in [-0.39, 0.29) is 6.61 Å². The SMILES string of the molecule is COc1ccc(COC(=O)c2cccc(C#N)c2)cc1. The van der Waals surface area contributed by atoms with Gasteiger partial charge in [-0.3, -0.25) is 0 Å². The number of hydrogen-bond acceptors (Lipinski definition) is 4. The first-order valence-electron chi connectivity index (χ1n) is 6.03. The molecular formula is C16H13NO3. The van der Waals surface area contributed by atoms with E-state index in [0.717, 1.165) is 11.3 Å². The van der Waals surface area contributed by atoms with Gasteiger partial charge in [0.05, 0.1) is 24.3 Å². The summed E-state index contributed by atoms with van der Waals surface area (Å²) in [6.07, 6.45) is 0. The Morgan fingerprint density at radius 2 is 1.95 bits per heavy atom. The highest BCUT2D eigenvalue weighted by Gasteiger charge is 2.08. The Bertz CT molecular complexity index is 642. The molecule has 2 rings (SSSR count). The molecule has 0 bridgehead atoms. The van der Waals surface area contributed by atoms with Crippen LogP contribution in [0.15, 0.2) is 48.5 Å². The molecule has 0 amide bonds. The molecule has 0 aliphatic heterocycles. The highest BCUT2D eigenvalue weighted by atomic mass is 16.5. The third-order valence-electron chi connectivity index (χ3n) is 2.76. The van der Waals surface area contributed by atoms with Gasteiger partial charge in [0.2, 0.25) is 0 Å². The van der Waals surface area contributed by atoms with E-state index in [1.165, 1.54) is 6.07 Å². The van der Waals surface area contributed by atoms with Crippen LogP contribution >= 0.6 is 0 Å². The first kappa shape index (κ1) is 13.6. The van der Waals surface area contributed by atoms with Gasteiger partial charge in [-0.1, -0.05) is 18.2 Å². The molecule has 0 saturated heterocycles. The van der Waals surface area contributed by atoms with Crippen molar-refractivity contribution in [3.05, 3.63) is 65.2 Å². The van der Waals surface area contributed by atoms with Crippen LogP contribution in [0.3, 0.4) is 0 Å². The molecule has 2 aromatic carbocycles. The fraction of sp³-hybridized carbons (Fsp3) is 0.125. The van der Waals surface area contributed by atoms with Crippen LogP contribution in [0.4, 0.5) is 0 Å². The number of carbonyl (C=O) groups is 1. The molecule has 2 aromatic rings. The molecule has 0 heterocycles. The smallest absolute Gasteiger partial charge is 0.338 e. The summed E-state index contributed by atoms with van der Waals surface area (Å²) in [4.78, 5) is 11.9. The summed E-state index contributed by atoms with van der Waals surface area (Å²) in [6, 6.07) is 15.7. The lowest BCUT2D eigenvalue weighted by Crippen LogP contribution is -2.05. The fourth-order valence-corrected chi connectivity index (χ4v) is 1.67. The summed E-state index contributed by atoms with van der Waals surface area (Å²) < 4.78 is 10.2. The van der Waals surface area contributed by atoms with Crippen LogP contribution in [0.25, 0.3) is 0 Å². The second-order valence-corrected chi connectivity index (χ2v) is 4.12. The monoisotopic (exact) mass is 267 g/mol. The summed E-state index contributed by atoms with van der Waals surface area (Å²) in [5.41, 5.74) is 1.68. The number of hydrogen-bond donors (Lipinski definition) is 0. The normalized spacial score (nSPS) is 9.60. The molecule has 100 valence electrons. The van der Waals surface area contributed by atoms with Crippen molar-refractivity contribution in [3.63, 3.8) is 0 Å². The van der Waals surface area contributed by atoms with Gasteiger partial charge in [0.15, 0.2) is 0 Å². The molecular weight excluding hydrogens is 254 g/mol. The minimum atomic E-state index is -0.446. The number of methoxy groups -OCH3 is 1. The molecule has 0 saturated carbocycles. The van der Waals surface area contributed by atoms with E-state index in [0.29, 0.717) is 11.1 Å². The molecule has 4 heteroatoms. The number of benzene rings is 2. The molecule has 0 N–H and O–H groups in total. The quantitative estimate of drug-likeness (QED) is 0.799. The second-order valence-electron chi connectivity index (χ2n) is 4.12. The minimum Gasteiger partial charge on any atom is -0.497 e. The van der Waals surface area contributed by atoms with Crippen molar-refractivity contribution in [3.8, 4) is 11.8 Å². The Morgan fingerprint density at radius 3 is 2.60 bits per heavy atom. The third-order valence-corrected chi connectivity index (χ3v) is 2.76. The Labute approximate surface area is 117 Å². The summed E-state index contributed by atoms with van der Waals surface area (Å²) in [5.74, 6) is 0.305. The lowest BCUT2D eigenvalue weighted by molar-refractivity contribution is 0.0472. The standard InChI is InChI=1S/C16H13NO3/c1-19-15-7-5-12(6-8-15)11-20-16(18)14-4-2-3-13(9-14)10-17/h2-9H,11H2,1H3. The van der Waals surface area contributed by atoms with Gasteiger partial charge in [-0.05, 0) is 35.9 Å². The van der Waals surface area contributed by atoms with Gasteiger partial charge in [0.25, 0.3) is 0 Å². The van der Waals surface area contributed by atoms with E-state index in [2.05, 4.69) is 0 Å². The summed E-state index contributed by atoms with van der Waals surface area (Å²) in [6.45, 7) is 0.180. The molecule has 0 unspecified atom stereocenters. The molecule has 0 aliphatic rings. The predicted molar refractivity (Wildman–Crippen MR) is 73.3 cm³/mol. The van der Waals surface area contributed by atoms with Crippen LogP contribution in [0.1, 0.15) is 21.5 Å². The molecule has 0 aromatic heterocycles. The number of rotatable bonds is 4. The Balaban J connectivity index is 1.99. The minimum absolute atomic E-state index is 0.180. The molecule has 0 aliphatic carbocycles. The average molecular weight is 267 g/mol. The topological polar surface area (TPSA) is 59.3 Å². The van der Waals surface area contributed by atoms with Crippen molar-refractivity contribution in [1.82, 2.24) is 0 Å². The van der Waals surface area contributed by atoms with E-state index < -0.39 is 5.97 Å². The third kappa shape index (κ3) is 3.36. The maximum Gasteiger partial charge on any atom is 0.338 e. The van der Waals surface area contributed by atoms with Crippen LogP contribution in [0.5, 0.6) is 5.75 Å². The molecule has 4 nitrogen and oxygen atoms in total. The van der Waals surface area contributed by atoms with Crippen LogP contribution in [0, 0.1) is 11.3 Å². The summed E-state index contributed by atoms with van der Waals surface area (Å²) >= 11 is 0. The van der Waals surface area contributed by atoms with Crippen LogP contribution < -0.4 is 4.74 Å². The molecule has 20 heavy (non-hydrogen) atoms. The van der Waals surface area contributed by atoms with Crippen LogP contribution in [-0.2, 0) is 11.3 Å². The maximum atomic E-state index is 11.9. The molecule has 0 fully saturated rings. The van der Waals surface area contributed by atoms with Crippen molar-refractivity contribution in [2.45, 2.75) is 6.61 Å². The van der Waals surface area contributed by atoms with Crippen molar-refractivity contribution in [2.24, 2.45) is 0 Å². The Hall–Kier alpha value is -2.80. The predicted octanol–water partition coefficient (Wildman–Crippen LogP) is 2.92. The van der Waals surface area contributed by atoms with E-state index in [1.54, 1.807) is 37.4 Å². The first-order valence-corrected chi connectivity index (χ1v) is 6.03. The molecule has 0 atom stereocenters. The summed E-state index contributed by atoms with van der Waals surface area (Å²) in [7, 11) is 1.59. The zero-order valence-electron chi connectivity index (χ0n) is 11.0. The van der Waals surface area contributed by atoms with Crippen LogP contribution in [-0.4, -0.2) is 13.1 Å². The van der Waals surface area contributed by atoms with E-state index in [9.17, 15) is 4.79 Å². The highest BCUT2D eigenvalue weighted by molar-refractivity contribution is 5.89. The Morgan fingerprint density at radius 1 is 1.20 bits per heavy atom. The average Bonchev–Trinajstić information content (AvgIpc) is 2.53. The number of nitriles is 1. The van der Waals surface area contributed by atoms with Gasteiger partial charge in [-0.15, -0.1) is 0 Å². The number of esters is 1.